The van der Waals surface area contributed by atoms with Crippen LogP contribution in [0.3, 0.4) is 0 Å². The number of fused-ring (bicyclic) bond motifs is 1. The molecule has 2 aliphatic heterocycles. The molecule has 0 aliphatic carbocycles. The second-order valence-corrected chi connectivity index (χ2v) is 5.30. The second kappa shape index (κ2) is 6.82. The number of carboxylic acid groups (broad SMARTS) is 1. The average molecular weight is 325 g/mol. The van der Waals surface area contributed by atoms with Crippen molar-refractivity contribution in [2.24, 2.45) is 5.92 Å². The van der Waals surface area contributed by atoms with Crippen LogP contribution in [-0.2, 0) is 14.3 Å². The SMILES string of the molecule is O=C([O-])c1ccccc1C(=O)OCC1CN2C(=O)CC2C1=O.[Na+]. The summed E-state index contributed by atoms with van der Waals surface area (Å²) in [6, 6.07) is 5.16. The van der Waals surface area contributed by atoms with Gasteiger partial charge in [-0.25, -0.2) is 4.79 Å². The van der Waals surface area contributed by atoms with E-state index in [9.17, 15) is 24.3 Å². The molecule has 2 fully saturated rings. The number of esters is 1. The maximum Gasteiger partial charge on any atom is 1.00 e. The first-order valence-corrected chi connectivity index (χ1v) is 6.79. The standard InChI is InChI=1S/C15H13NO6.Na/c17-12-5-11-13(18)8(6-16(11)12)7-22-15(21)10-4-2-1-3-9(10)14(19)20;/h1-4,8,11H,5-7H2,(H,19,20);/q;+1/p-1. The van der Waals surface area contributed by atoms with Crippen LogP contribution in [0.1, 0.15) is 27.1 Å². The van der Waals surface area contributed by atoms with Gasteiger partial charge < -0.3 is 19.5 Å². The Balaban J connectivity index is 0.00000192. The van der Waals surface area contributed by atoms with E-state index in [1.807, 2.05) is 0 Å². The number of carbonyl (C=O) groups is 4. The number of ether oxygens (including phenoxy) is 1. The van der Waals surface area contributed by atoms with Gasteiger partial charge in [0, 0.05) is 12.1 Å². The molecule has 0 bridgehead atoms. The van der Waals surface area contributed by atoms with E-state index in [1.54, 1.807) is 0 Å². The second-order valence-electron chi connectivity index (χ2n) is 5.30. The summed E-state index contributed by atoms with van der Waals surface area (Å²) in [7, 11) is 0. The summed E-state index contributed by atoms with van der Waals surface area (Å²) in [5.74, 6) is -3.03. The van der Waals surface area contributed by atoms with E-state index in [0.29, 0.717) is 0 Å². The number of rotatable bonds is 4. The van der Waals surface area contributed by atoms with E-state index < -0.39 is 17.9 Å². The molecule has 2 atom stereocenters. The number of amides is 1. The van der Waals surface area contributed by atoms with Crippen LogP contribution in [0.4, 0.5) is 0 Å². The number of hydrogen-bond donors (Lipinski definition) is 0. The van der Waals surface area contributed by atoms with Gasteiger partial charge in [0.25, 0.3) is 0 Å². The molecule has 1 amide bonds. The molecule has 0 radical (unpaired) electrons. The molecule has 2 aliphatic rings. The molecular formula is C15H12NNaO6. The third kappa shape index (κ3) is 3.17. The van der Waals surface area contributed by atoms with Crippen molar-refractivity contribution in [3.05, 3.63) is 35.4 Å². The van der Waals surface area contributed by atoms with Crippen LogP contribution in [0.2, 0.25) is 0 Å². The summed E-state index contributed by atoms with van der Waals surface area (Å²) in [5, 5.41) is 11.0. The van der Waals surface area contributed by atoms with Crippen molar-refractivity contribution in [1.29, 1.82) is 0 Å². The van der Waals surface area contributed by atoms with Gasteiger partial charge in [0.05, 0.1) is 29.9 Å². The van der Waals surface area contributed by atoms with Crippen molar-refractivity contribution >= 4 is 23.6 Å². The summed E-state index contributed by atoms with van der Waals surface area (Å²) < 4.78 is 5.04. The van der Waals surface area contributed by atoms with Gasteiger partial charge in [-0.15, -0.1) is 0 Å². The van der Waals surface area contributed by atoms with Crippen LogP contribution in [0.15, 0.2) is 24.3 Å². The molecule has 2 unspecified atom stereocenters. The molecule has 0 aromatic heterocycles. The number of Topliss-reactive ketones (excluding diaryl/α,β-unsaturated/α-hetero) is 1. The van der Waals surface area contributed by atoms with Crippen LogP contribution in [0, 0.1) is 5.92 Å². The van der Waals surface area contributed by atoms with Gasteiger partial charge in [-0.1, -0.05) is 18.2 Å². The van der Waals surface area contributed by atoms with E-state index in [0.717, 1.165) is 0 Å². The van der Waals surface area contributed by atoms with Crippen LogP contribution in [-0.4, -0.2) is 47.7 Å². The van der Waals surface area contributed by atoms with Crippen molar-refractivity contribution in [2.45, 2.75) is 12.5 Å². The molecule has 2 saturated heterocycles. The summed E-state index contributed by atoms with van der Waals surface area (Å²) in [6.07, 6.45) is 0.219. The number of carbonyl (C=O) groups excluding carboxylic acids is 4. The van der Waals surface area contributed by atoms with Crippen molar-refractivity contribution in [1.82, 2.24) is 4.90 Å². The number of carboxylic acids is 1. The molecule has 23 heavy (non-hydrogen) atoms. The summed E-state index contributed by atoms with van der Waals surface area (Å²) in [5.41, 5.74) is -0.378. The van der Waals surface area contributed by atoms with Crippen molar-refractivity contribution in [2.75, 3.05) is 13.2 Å². The number of aromatic carboxylic acids is 1. The molecule has 0 spiro atoms. The third-order valence-corrected chi connectivity index (χ3v) is 3.99. The zero-order valence-electron chi connectivity index (χ0n) is 12.5. The smallest absolute Gasteiger partial charge is 0.545 e. The van der Waals surface area contributed by atoms with Gasteiger partial charge in [0.1, 0.15) is 6.61 Å². The molecule has 8 heteroatoms. The molecular weight excluding hydrogens is 313 g/mol. The Kier molecular flexibility index (Phi) is 5.23. The fourth-order valence-corrected chi connectivity index (χ4v) is 2.76. The minimum absolute atomic E-state index is 0. The molecule has 114 valence electrons. The Morgan fingerprint density at radius 2 is 1.87 bits per heavy atom. The Bertz CT molecular complexity index is 688. The molecule has 0 N–H and O–H groups in total. The third-order valence-electron chi connectivity index (χ3n) is 3.99. The normalized spacial score (nSPS) is 22.0. The maximum absolute atomic E-state index is 12.0. The number of hydrogen-bond acceptors (Lipinski definition) is 6. The van der Waals surface area contributed by atoms with E-state index in [-0.39, 0.29) is 78.0 Å². The topological polar surface area (TPSA) is 104 Å². The first kappa shape index (κ1) is 17.7. The van der Waals surface area contributed by atoms with Gasteiger partial charge in [0.15, 0.2) is 5.78 Å². The quantitative estimate of drug-likeness (QED) is 0.318. The average Bonchev–Trinajstić information content (AvgIpc) is 2.76. The number of β-lactam (4-membered cyclic amide) rings is 1. The van der Waals surface area contributed by atoms with Crippen LogP contribution in [0.25, 0.3) is 0 Å². The summed E-state index contributed by atoms with van der Waals surface area (Å²) in [4.78, 5) is 47.6. The van der Waals surface area contributed by atoms with E-state index in [1.165, 1.54) is 29.2 Å². The van der Waals surface area contributed by atoms with E-state index in [2.05, 4.69) is 0 Å². The zero-order valence-corrected chi connectivity index (χ0v) is 14.5. The summed E-state index contributed by atoms with van der Waals surface area (Å²) in [6.45, 7) is 0.0804. The van der Waals surface area contributed by atoms with Gasteiger partial charge in [0.2, 0.25) is 5.91 Å². The molecule has 7 nitrogen and oxygen atoms in total. The fraction of sp³-hybridized carbons (Fsp3) is 0.333. The first-order valence-electron chi connectivity index (χ1n) is 6.79. The fourth-order valence-electron chi connectivity index (χ4n) is 2.76. The summed E-state index contributed by atoms with van der Waals surface area (Å²) >= 11 is 0. The van der Waals surface area contributed by atoms with Gasteiger partial charge in [-0.2, -0.15) is 0 Å². The van der Waals surface area contributed by atoms with Crippen molar-refractivity contribution in [3.63, 3.8) is 0 Å². The Morgan fingerprint density at radius 3 is 2.43 bits per heavy atom. The first-order chi connectivity index (χ1) is 10.5. The predicted octanol–water partition coefficient (Wildman–Crippen LogP) is -3.99. The minimum atomic E-state index is -1.47. The van der Waals surface area contributed by atoms with Gasteiger partial charge >= 0.3 is 35.5 Å². The minimum Gasteiger partial charge on any atom is -0.545 e. The Morgan fingerprint density at radius 1 is 1.22 bits per heavy atom. The molecule has 3 rings (SSSR count). The van der Waals surface area contributed by atoms with E-state index >= 15 is 0 Å². The number of ketones is 1. The van der Waals surface area contributed by atoms with Crippen LogP contribution < -0.4 is 34.7 Å². The monoisotopic (exact) mass is 325 g/mol. The zero-order chi connectivity index (χ0) is 15.9. The van der Waals surface area contributed by atoms with Crippen molar-refractivity contribution in [3.8, 4) is 0 Å². The van der Waals surface area contributed by atoms with E-state index in [4.69, 9.17) is 4.74 Å². The Labute approximate surface area is 153 Å². The number of nitrogens with zero attached hydrogens (tertiary/aromatic N) is 1. The largest absolute Gasteiger partial charge is 1.00 e. The molecule has 0 saturated carbocycles. The Hall–Kier alpha value is -1.70. The van der Waals surface area contributed by atoms with Crippen molar-refractivity contribution < 1.29 is 58.6 Å². The van der Waals surface area contributed by atoms with Crippen LogP contribution >= 0.6 is 0 Å². The van der Waals surface area contributed by atoms with Gasteiger partial charge in [-0.05, 0) is 6.07 Å². The van der Waals surface area contributed by atoms with Gasteiger partial charge in [-0.3, -0.25) is 9.59 Å². The molecule has 2 heterocycles. The number of benzene rings is 1. The van der Waals surface area contributed by atoms with Crippen LogP contribution in [0.5, 0.6) is 0 Å². The maximum atomic E-state index is 12.0. The predicted molar refractivity (Wildman–Crippen MR) is 69.7 cm³/mol. The molecule has 1 aromatic carbocycles. The molecule has 1 aromatic rings.